The van der Waals surface area contributed by atoms with E-state index in [4.69, 9.17) is 9.47 Å². The van der Waals surface area contributed by atoms with E-state index in [1.807, 2.05) is 61.5 Å². The second-order valence-electron chi connectivity index (χ2n) is 7.96. The van der Waals surface area contributed by atoms with Crippen LogP contribution in [-0.4, -0.2) is 30.2 Å². The van der Waals surface area contributed by atoms with Crippen molar-refractivity contribution in [1.29, 1.82) is 0 Å². The lowest BCUT2D eigenvalue weighted by Crippen LogP contribution is -2.24. The van der Waals surface area contributed by atoms with E-state index in [1.54, 1.807) is 26.4 Å². The monoisotopic (exact) mass is 444 g/mol. The van der Waals surface area contributed by atoms with Gasteiger partial charge in [-0.1, -0.05) is 37.3 Å². The van der Waals surface area contributed by atoms with Gasteiger partial charge in [-0.25, -0.2) is 0 Å². The number of amides is 1. The Balaban J connectivity index is 1.69. The molecule has 1 atom stereocenters. The molecule has 0 aliphatic carbocycles. The molecule has 0 saturated heterocycles. The van der Waals surface area contributed by atoms with Crippen molar-refractivity contribution in [2.45, 2.75) is 19.8 Å². The van der Waals surface area contributed by atoms with Crippen LogP contribution < -0.4 is 14.8 Å². The molecule has 0 spiro atoms. The number of hydrogen-bond donors (Lipinski definition) is 3. The lowest BCUT2D eigenvalue weighted by atomic mass is 9.95. The fourth-order valence-corrected chi connectivity index (χ4v) is 4.04. The summed E-state index contributed by atoms with van der Waals surface area (Å²) in [6.07, 6.45) is 1.29. The smallest absolute Gasteiger partial charge is 0.227 e. The molecule has 170 valence electrons. The van der Waals surface area contributed by atoms with E-state index < -0.39 is 0 Å². The molecule has 1 amide bonds. The van der Waals surface area contributed by atoms with Crippen molar-refractivity contribution in [2.75, 3.05) is 19.5 Å². The van der Waals surface area contributed by atoms with Gasteiger partial charge in [-0.2, -0.15) is 0 Å². The number of aromatic amines is 1. The quantitative estimate of drug-likeness (QED) is 0.322. The zero-order valence-corrected chi connectivity index (χ0v) is 19.0. The van der Waals surface area contributed by atoms with Crippen LogP contribution in [0.2, 0.25) is 0 Å². The molecule has 0 fully saturated rings. The third-order valence-electron chi connectivity index (χ3n) is 5.91. The van der Waals surface area contributed by atoms with Gasteiger partial charge in [-0.05, 0) is 54.8 Å². The van der Waals surface area contributed by atoms with Crippen molar-refractivity contribution >= 4 is 22.5 Å². The van der Waals surface area contributed by atoms with Crippen LogP contribution in [0.5, 0.6) is 17.2 Å². The number of aromatic hydroxyl groups is 1. The Morgan fingerprint density at radius 2 is 1.73 bits per heavy atom. The summed E-state index contributed by atoms with van der Waals surface area (Å²) in [6.45, 7) is 2.01. The number of benzene rings is 3. The number of aromatic nitrogens is 1. The summed E-state index contributed by atoms with van der Waals surface area (Å²) in [5.74, 6) is 1.22. The number of ether oxygens (including phenoxy) is 2. The fourth-order valence-electron chi connectivity index (χ4n) is 4.04. The predicted octanol–water partition coefficient (Wildman–Crippen LogP) is 5.77. The molecule has 1 aromatic heterocycles. The topological polar surface area (TPSA) is 83.6 Å². The average molecular weight is 445 g/mol. The SMILES string of the molecule is CCC(Cc1ccc(O)cc1)C(=O)Nc1c(-c2ccc(OC)c(OC)c2)[nH]c2ccccc12. The molecule has 0 aliphatic rings. The molecule has 3 N–H and O–H groups in total. The van der Waals surface area contributed by atoms with Crippen LogP contribution in [0.25, 0.3) is 22.2 Å². The first kappa shape index (κ1) is 22.3. The Morgan fingerprint density at radius 1 is 1.00 bits per heavy atom. The van der Waals surface area contributed by atoms with E-state index in [2.05, 4.69) is 10.3 Å². The van der Waals surface area contributed by atoms with E-state index in [0.29, 0.717) is 24.3 Å². The Bertz CT molecular complexity index is 1260. The average Bonchev–Trinajstić information content (AvgIpc) is 3.21. The summed E-state index contributed by atoms with van der Waals surface area (Å²) in [5.41, 5.74) is 4.38. The third-order valence-corrected chi connectivity index (χ3v) is 5.91. The number of phenolic OH excluding ortho intramolecular Hbond substituents is 1. The van der Waals surface area contributed by atoms with Gasteiger partial charge in [0.15, 0.2) is 11.5 Å². The normalized spacial score (nSPS) is 11.8. The number of methoxy groups -OCH3 is 2. The van der Waals surface area contributed by atoms with Gasteiger partial charge >= 0.3 is 0 Å². The molecule has 3 aromatic carbocycles. The van der Waals surface area contributed by atoms with Crippen LogP contribution in [0, 0.1) is 5.92 Å². The number of hydrogen-bond acceptors (Lipinski definition) is 4. The number of carbonyl (C=O) groups excluding carboxylic acids is 1. The van der Waals surface area contributed by atoms with Crippen LogP contribution in [-0.2, 0) is 11.2 Å². The van der Waals surface area contributed by atoms with E-state index in [0.717, 1.165) is 33.4 Å². The van der Waals surface area contributed by atoms with Crippen molar-refractivity contribution in [1.82, 2.24) is 4.98 Å². The van der Waals surface area contributed by atoms with Gasteiger partial charge in [0.25, 0.3) is 0 Å². The molecule has 4 rings (SSSR count). The maximum absolute atomic E-state index is 13.3. The van der Waals surface area contributed by atoms with Crippen molar-refractivity contribution in [3.05, 3.63) is 72.3 Å². The molecule has 4 aromatic rings. The van der Waals surface area contributed by atoms with Crippen LogP contribution in [0.4, 0.5) is 5.69 Å². The largest absolute Gasteiger partial charge is 0.508 e. The molecule has 1 heterocycles. The van der Waals surface area contributed by atoms with E-state index in [-0.39, 0.29) is 17.6 Å². The highest BCUT2D eigenvalue weighted by atomic mass is 16.5. The first-order chi connectivity index (χ1) is 16.0. The molecular formula is C27H28N2O4. The highest BCUT2D eigenvalue weighted by molar-refractivity contribution is 6.08. The van der Waals surface area contributed by atoms with Gasteiger partial charge in [0.05, 0.1) is 25.6 Å². The predicted molar refractivity (Wildman–Crippen MR) is 131 cm³/mol. The minimum absolute atomic E-state index is 0.0444. The molecule has 0 bridgehead atoms. The second-order valence-corrected chi connectivity index (χ2v) is 7.96. The van der Waals surface area contributed by atoms with Gasteiger partial charge in [-0.3, -0.25) is 4.79 Å². The van der Waals surface area contributed by atoms with Crippen LogP contribution in [0.3, 0.4) is 0 Å². The summed E-state index contributed by atoms with van der Waals surface area (Å²) < 4.78 is 10.8. The Hall–Kier alpha value is -3.93. The van der Waals surface area contributed by atoms with E-state index in [1.165, 1.54) is 0 Å². The lowest BCUT2D eigenvalue weighted by Gasteiger charge is -2.16. The molecule has 6 nitrogen and oxygen atoms in total. The molecule has 0 radical (unpaired) electrons. The van der Waals surface area contributed by atoms with Gasteiger partial charge in [0.1, 0.15) is 5.75 Å². The minimum atomic E-state index is -0.207. The van der Waals surface area contributed by atoms with E-state index in [9.17, 15) is 9.90 Å². The summed E-state index contributed by atoms with van der Waals surface area (Å²) in [6, 6.07) is 20.6. The van der Waals surface area contributed by atoms with Crippen molar-refractivity contribution in [2.24, 2.45) is 5.92 Å². The van der Waals surface area contributed by atoms with Gasteiger partial charge in [0, 0.05) is 22.4 Å². The van der Waals surface area contributed by atoms with E-state index >= 15 is 0 Å². The molecule has 0 saturated carbocycles. The first-order valence-corrected chi connectivity index (χ1v) is 11.0. The van der Waals surface area contributed by atoms with Crippen LogP contribution in [0.1, 0.15) is 18.9 Å². The highest BCUT2D eigenvalue weighted by Gasteiger charge is 2.22. The summed E-state index contributed by atoms with van der Waals surface area (Å²) >= 11 is 0. The molecular weight excluding hydrogens is 416 g/mol. The number of phenols is 1. The number of carbonyl (C=O) groups is 1. The molecule has 0 aliphatic heterocycles. The first-order valence-electron chi connectivity index (χ1n) is 11.0. The minimum Gasteiger partial charge on any atom is -0.508 e. The number of nitrogens with one attached hydrogen (secondary N) is 2. The Morgan fingerprint density at radius 3 is 2.42 bits per heavy atom. The van der Waals surface area contributed by atoms with Gasteiger partial charge < -0.3 is 24.9 Å². The lowest BCUT2D eigenvalue weighted by molar-refractivity contribution is -0.119. The van der Waals surface area contributed by atoms with Crippen LogP contribution >= 0.6 is 0 Å². The molecule has 6 heteroatoms. The van der Waals surface area contributed by atoms with Gasteiger partial charge in [-0.15, -0.1) is 0 Å². The fraction of sp³-hybridized carbons (Fsp3) is 0.222. The Kier molecular flexibility index (Phi) is 6.54. The zero-order valence-electron chi connectivity index (χ0n) is 19.0. The van der Waals surface area contributed by atoms with Crippen molar-refractivity contribution in [3.63, 3.8) is 0 Å². The molecule has 1 unspecified atom stereocenters. The number of H-pyrrole nitrogens is 1. The van der Waals surface area contributed by atoms with Gasteiger partial charge in [0.2, 0.25) is 5.91 Å². The summed E-state index contributed by atoms with van der Waals surface area (Å²) in [7, 11) is 3.20. The van der Waals surface area contributed by atoms with Crippen molar-refractivity contribution < 1.29 is 19.4 Å². The molecule has 33 heavy (non-hydrogen) atoms. The number of anilines is 1. The van der Waals surface area contributed by atoms with Crippen LogP contribution in [0.15, 0.2) is 66.7 Å². The maximum atomic E-state index is 13.3. The zero-order chi connectivity index (χ0) is 23.4. The maximum Gasteiger partial charge on any atom is 0.227 e. The Labute approximate surface area is 193 Å². The van der Waals surface area contributed by atoms with Crippen molar-refractivity contribution in [3.8, 4) is 28.5 Å². The highest BCUT2D eigenvalue weighted by Crippen LogP contribution is 2.39. The number of fused-ring (bicyclic) bond motifs is 1. The third kappa shape index (κ3) is 4.65. The standard InChI is InChI=1S/C27H28N2O4/c1-4-18(15-17-9-12-20(30)13-10-17)27(31)29-26-21-7-5-6-8-22(21)28-25(26)19-11-14-23(32-2)24(16-19)33-3/h5-14,16,18,28,30H,4,15H2,1-3H3,(H,29,31). The number of rotatable bonds is 8. The second kappa shape index (κ2) is 9.69. The number of para-hydroxylation sites is 1. The summed E-state index contributed by atoms with van der Waals surface area (Å²) in [4.78, 5) is 16.8. The summed E-state index contributed by atoms with van der Waals surface area (Å²) in [5, 5.41) is 13.7.